The van der Waals surface area contributed by atoms with E-state index in [2.05, 4.69) is 18.0 Å². The molecule has 0 amide bonds. The molecule has 0 atom stereocenters. The van der Waals surface area contributed by atoms with Gasteiger partial charge in [0.1, 0.15) is 0 Å². The molecule has 13 heavy (non-hydrogen) atoms. The predicted octanol–water partition coefficient (Wildman–Crippen LogP) is 2.51. The lowest BCUT2D eigenvalue weighted by Gasteiger charge is -1.98. The number of aromatic nitrogens is 1. The fourth-order valence-electron chi connectivity index (χ4n) is 1.17. The van der Waals surface area contributed by atoms with Crippen molar-refractivity contribution in [1.29, 1.82) is 0 Å². The van der Waals surface area contributed by atoms with E-state index in [4.69, 9.17) is 5.73 Å². The van der Waals surface area contributed by atoms with Crippen molar-refractivity contribution < 1.29 is 0 Å². The molecule has 0 aliphatic carbocycles. The zero-order valence-corrected chi connectivity index (χ0v) is 9.24. The molecule has 3 heteroatoms. The molecule has 2 nitrogen and oxygen atoms in total. The largest absolute Gasteiger partial charge is 0.327 e. The Bertz CT molecular complexity index is 307. The number of hydrogen-bond acceptors (Lipinski definition) is 3. The van der Waals surface area contributed by atoms with Crippen LogP contribution in [-0.2, 0) is 0 Å². The number of nitrogens with two attached hydrogens (primary N) is 1. The van der Waals surface area contributed by atoms with Crippen molar-refractivity contribution in [3.05, 3.63) is 21.2 Å². The topological polar surface area (TPSA) is 38.9 Å². The Kier molecular flexibility index (Phi) is 3.63. The summed E-state index contributed by atoms with van der Waals surface area (Å²) in [4.78, 5) is 5.62. The highest BCUT2D eigenvalue weighted by Gasteiger charge is 2.02. The van der Waals surface area contributed by atoms with E-state index >= 15 is 0 Å². The zero-order valence-electron chi connectivity index (χ0n) is 8.42. The van der Waals surface area contributed by atoms with Crippen molar-refractivity contribution in [2.24, 2.45) is 5.73 Å². The Balaban J connectivity index is 2.95. The summed E-state index contributed by atoms with van der Waals surface area (Å²) in [5, 5.41) is 1.12. The minimum Gasteiger partial charge on any atom is -0.327 e. The van der Waals surface area contributed by atoms with Crippen LogP contribution in [0.15, 0.2) is 5.57 Å². The molecule has 0 aliphatic heterocycles. The van der Waals surface area contributed by atoms with Gasteiger partial charge in [-0.05, 0) is 26.3 Å². The smallest absolute Gasteiger partial charge is 0.0903 e. The van der Waals surface area contributed by atoms with Gasteiger partial charge in [-0.15, -0.1) is 11.3 Å². The van der Waals surface area contributed by atoms with Crippen molar-refractivity contribution in [3.63, 3.8) is 0 Å². The first kappa shape index (κ1) is 10.4. The van der Waals surface area contributed by atoms with Crippen LogP contribution in [0.1, 0.15) is 28.9 Å². The van der Waals surface area contributed by atoms with Gasteiger partial charge in [0.25, 0.3) is 0 Å². The quantitative estimate of drug-likeness (QED) is 0.806. The molecule has 0 radical (unpaired) electrons. The molecule has 1 heterocycles. The van der Waals surface area contributed by atoms with E-state index in [1.54, 1.807) is 11.3 Å². The SMILES string of the molecule is CCC(=Cc1sc(C)nc1C)CN. The summed E-state index contributed by atoms with van der Waals surface area (Å²) in [6.45, 7) is 6.84. The number of aryl methyl sites for hydroxylation is 2. The van der Waals surface area contributed by atoms with Gasteiger partial charge in [0.15, 0.2) is 0 Å². The van der Waals surface area contributed by atoms with Crippen molar-refractivity contribution >= 4 is 17.4 Å². The molecule has 0 aromatic carbocycles. The maximum Gasteiger partial charge on any atom is 0.0903 e. The summed E-state index contributed by atoms with van der Waals surface area (Å²) in [7, 11) is 0. The van der Waals surface area contributed by atoms with E-state index in [-0.39, 0.29) is 0 Å². The van der Waals surface area contributed by atoms with Crippen LogP contribution in [0.25, 0.3) is 6.08 Å². The molecular formula is C10H16N2S. The summed E-state index contributed by atoms with van der Waals surface area (Å²) >= 11 is 1.73. The standard InChI is InChI=1S/C10H16N2S/c1-4-9(6-11)5-10-7(2)12-8(3)13-10/h5H,4,6,11H2,1-3H3. The van der Waals surface area contributed by atoms with Crippen molar-refractivity contribution in [1.82, 2.24) is 4.98 Å². The summed E-state index contributed by atoms with van der Waals surface area (Å²) in [5.41, 5.74) is 8.00. The Morgan fingerprint density at radius 3 is 2.62 bits per heavy atom. The minimum absolute atomic E-state index is 0.646. The van der Waals surface area contributed by atoms with Gasteiger partial charge in [-0.1, -0.05) is 12.5 Å². The molecule has 0 saturated carbocycles. The monoisotopic (exact) mass is 196 g/mol. The van der Waals surface area contributed by atoms with Gasteiger partial charge in [0.2, 0.25) is 0 Å². The van der Waals surface area contributed by atoms with E-state index in [1.807, 2.05) is 13.8 Å². The fraction of sp³-hybridized carbons (Fsp3) is 0.500. The highest BCUT2D eigenvalue weighted by atomic mass is 32.1. The first-order valence-corrected chi connectivity index (χ1v) is 5.32. The van der Waals surface area contributed by atoms with Gasteiger partial charge in [-0.3, -0.25) is 0 Å². The van der Waals surface area contributed by atoms with Gasteiger partial charge in [-0.25, -0.2) is 4.98 Å². The maximum absolute atomic E-state index is 5.60. The Morgan fingerprint density at radius 2 is 2.23 bits per heavy atom. The molecule has 0 bridgehead atoms. The highest BCUT2D eigenvalue weighted by molar-refractivity contribution is 7.12. The second kappa shape index (κ2) is 4.53. The second-order valence-corrected chi connectivity index (χ2v) is 4.28. The minimum atomic E-state index is 0.646. The normalized spacial score (nSPS) is 12.2. The van der Waals surface area contributed by atoms with E-state index < -0.39 is 0 Å². The van der Waals surface area contributed by atoms with Crippen LogP contribution in [0.4, 0.5) is 0 Å². The van der Waals surface area contributed by atoms with E-state index in [0.29, 0.717) is 6.54 Å². The van der Waals surface area contributed by atoms with Gasteiger partial charge < -0.3 is 5.73 Å². The van der Waals surface area contributed by atoms with E-state index in [9.17, 15) is 0 Å². The van der Waals surface area contributed by atoms with Gasteiger partial charge in [0, 0.05) is 6.54 Å². The number of hydrogen-bond donors (Lipinski definition) is 1. The average Bonchev–Trinajstić information content (AvgIpc) is 2.41. The molecule has 1 aromatic heterocycles. The second-order valence-electron chi connectivity index (χ2n) is 3.04. The lowest BCUT2D eigenvalue weighted by molar-refractivity contribution is 1.02. The fourth-order valence-corrected chi connectivity index (χ4v) is 2.09. The number of thiazole rings is 1. The summed E-state index contributed by atoms with van der Waals surface area (Å²) in [6, 6.07) is 0. The molecule has 0 saturated heterocycles. The Hall–Kier alpha value is -0.670. The zero-order chi connectivity index (χ0) is 9.84. The molecule has 0 aliphatic rings. The molecule has 0 unspecified atom stereocenters. The van der Waals surface area contributed by atoms with Gasteiger partial charge in [0.05, 0.1) is 15.6 Å². The molecule has 2 N–H and O–H groups in total. The van der Waals surface area contributed by atoms with Crippen molar-refractivity contribution in [2.75, 3.05) is 6.54 Å². The Labute approximate surface area is 83.5 Å². The van der Waals surface area contributed by atoms with Gasteiger partial charge in [-0.2, -0.15) is 0 Å². The predicted molar refractivity (Wildman–Crippen MR) is 58.9 cm³/mol. The van der Waals surface area contributed by atoms with Crippen LogP contribution in [0.2, 0.25) is 0 Å². The average molecular weight is 196 g/mol. The molecule has 0 spiro atoms. The summed E-state index contributed by atoms with van der Waals surface area (Å²) < 4.78 is 0. The lowest BCUT2D eigenvalue weighted by atomic mass is 10.2. The first-order chi connectivity index (χ1) is 6.17. The van der Waals surface area contributed by atoms with Crippen LogP contribution < -0.4 is 5.73 Å². The molecule has 0 fully saturated rings. The van der Waals surface area contributed by atoms with Gasteiger partial charge >= 0.3 is 0 Å². The molecule has 1 aromatic rings. The lowest BCUT2D eigenvalue weighted by Crippen LogP contribution is -2.01. The molecular weight excluding hydrogens is 180 g/mol. The molecule has 72 valence electrons. The highest BCUT2D eigenvalue weighted by Crippen LogP contribution is 2.20. The van der Waals surface area contributed by atoms with Crippen LogP contribution in [0.5, 0.6) is 0 Å². The summed E-state index contributed by atoms with van der Waals surface area (Å²) in [6.07, 6.45) is 3.19. The van der Waals surface area contributed by atoms with Crippen LogP contribution in [-0.4, -0.2) is 11.5 Å². The summed E-state index contributed by atoms with van der Waals surface area (Å²) in [5.74, 6) is 0. The number of rotatable bonds is 3. The third-order valence-corrected chi connectivity index (χ3v) is 3.01. The van der Waals surface area contributed by atoms with Crippen molar-refractivity contribution in [3.8, 4) is 0 Å². The van der Waals surface area contributed by atoms with Crippen LogP contribution in [0, 0.1) is 13.8 Å². The number of nitrogens with zero attached hydrogens (tertiary/aromatic N) is 1. The molecule has 1 rings (SSSR count). The van der Waals surface area contributed by atoms with E-state index in [1.165, 1.54) is 10.5 Å². The first-order valence-electron chi connectivity index (χ1n) is 4.51. The van der Waals surface area contributed by atoms with Crippen molar-refractivity contribution in [2.45, 2.75) is 27.2 Å². The maximum atomic E-state index is 5.60. The third kappa shape index (κ3) is 2.64. The van der Waals surface area contributed by atoms with E-state index in [0.717, 1.165) is 17.1 Å². The van der Waals surface area contributed by atoms with Crippen LogP contribution >= 0.6 is 11.3 Å². The third-order valence-electron chi connectivity index (χ3n) is 1.99. The van der Waals surface area contributed by atoms with Crippen LogP contribution in [0.3, 0.4) is 0 Å². The Morgan fingerprint density at radius 1 is 1.54 bits per heavy atom.